The Morgan fingerprint density at radius 2 is 1.71 bits per heavy atom. The maximum absolute atomic E-state index is 13.0. The van der Waals surface area contributed by atoms with Crippen molar-refractivity contribution in [2.45, 2.75) is 11.8 Å². The molecular formula is C7H7ClF4N2. The molecule has 0 amide bonds. The van der Waals surface area contributed by atoms with Gasteiger partial charge in [0.25, 0.3) is 0 Å². The lowest BCUT2D eigenvalue weighted by atomic mass is 10.2. The SMILES string of the molecule is CN=C1C(Cl)=C(NC)C(F)(F)C1(F)F. The van der Waals surface area contributed by atoms with Crippen molar-refractivity contribution in [3.63, 3.8) is 0 Å². The topological polar surface area (TPSA) is 24.4 Å². The van der Waals surface area contributed by atoms with Crippen LogP contribution in [0.4, 0.5) is 17.6 Å². The van der Waals surface area contributed by atoms with Crippen LogP contribution in [0.15, 0.2) is 15.7 Å². The van der Waals surface area contributed by atoms with E-state index in [1.54, 1.807) is 0 Å². The number of alkyl halides is 4. The Labute approximate surface area is 82.6 Å². The lowest BCUT2D eigenvalue weighted by molar-refractivity contribution is -0.136. The second kappa shape index (κ2) is 3.12. The van der Waals surface area contributed by atoms with Crippen LogP contribution >= 0.6 is 11.6 Å². The van der Waals surface area contributed by atoms with E-state index in [1.807, 2.05) is 5.32 Å². The summed E-state index contributed by atoms with van der Waals surface area (Å²) in [6.07, 6.45) is 0. The van der Waals surface area contributed by atoms with Crippen molar-refractivity contribution in [2.75, 3.05) is 14.1 Å². The van der Waals surface area contributed by atoms with Gasteiger partial charge in [-0.3, -0.25) is 4.99 Å². The number of nitrogens with zero attached hydrogens (tertiary/aromatic N) is 1. The maximum Gasteiger partial charge on any atom is 0.358 e. The monoisotopic (exact) mass is 230 g/mol. The highest BCUT2D eigenvalue weighted by Crippen LogP contribution is 2.49. The van der Waals surface area contributed by atoms with E-state index < -0.39 is 28.3 Å². The molecule has 0 aromatic carbocycles. The molecule has 0 aromatic rings. The van der Waals surface area contributed by atoms with Gasteiger partial charge in [-0.25, -0.2) is 0 Å². The molecule has 7 heteroatoms. The van der Waals surface area contributed by atoms with Gasteiger partial charge in [-0.2, -0.15) is 17.6 Å². The Hall–Kier alpha value is -0.780. The van der Waals surface area contributed by atoms with Crippen LogP contribution in [0.25, 0.3) is 0 Å². The van der Waals surface area contributed by atoms with Gasteiger partial charge >= 0.3 is 11.8 Å². The van der Waals surface area contributed by atoms with Crippen molar-refractivity contribution >= 4 is 17.3 Å². The van der Waals surface area contributed by atoms with E-state index >= 15 is 0 Å². The Morgan fingerprint density at radius 3 is 1.93 bits per heavy atom. The maximum atomic E-state index is 13.0. The van der Waals surface area contributed by atoms with Crippen molar-refractivity contribution in [2.24, 2.45) is 4.99 Å². The molecular weight excluding hydrogens is 224 g/mol. The summed E-state index contributed by atoms with van der Waals surface area (Å²) in [6.45, 7) is 0. The first-order valence-corrected chi connectivity index (χ1v) is 3.99. The van der Waals surface area contributed by atoms with Gasteiger partial charge in [0, 0.05) is 14.1 Å². The van der Waals surface area contributed by atoms with Gasteiger partial charge < -0.3 is 5.32 Å². The minimum absolute atomic E-state index is 0.718. The summed E-state index contributed by atoms with van der Waals surface area (Å²) in [5.41, 5.74) is -2.08. The zero-order valence-corrected chi connectivity index (χ0v) is 8.09. The Kier molecular flexibility index (Phi) is 2.51. The van der Waals surface area contributed by atoms with Crippen LogP contribution in [0.3, 0.4) is 0 Å². The van der Waals surface area contributed by atoms with Gasteiger partial charge in [0.05, 0.1) is 5.03 Å². The number of halogens is 5. The molecule has 0 aromatic heterocycles. The Balaban J connectivity index is 3.39. The lowest BCUT2D eigenvalue weighted by Crippen LogP contribution is -2.44. The molecule has 0 atom stereocenters. The van der Waals surface area contributed by atoms with Crippen LogP contribution in [0.2, 0.25) is 0 Å². The number of hydrogen-bond acceptors (Lipinski definition) is 2. The first-order chi connectivity index (χ1) is 6.30. The van der Waals surface area contributed by atoms with E-state index in [9.17, 15) is 17.6 Å². The molecule has 0 spiro atoms. The van der Waals surface area contributed by atoms with Crippen LogP contribution in [0, 0.1) is 0 Å². The van der Waals surface area contributed by atoms with E-state index in [4.69, 9.17) is 11.6 Å². The van der Waals surface area contributed by atoms with Gasteiger partial charge in [0.2, 0.25) is 0 Å². The van der Waals surface area contributed by atoms with E-state index in [0.29, 0.717) is 0 Å². The normalized spacial score (nSPS) is 27.2. The molecule has 14 heavy (non-hydrogen) atoms. The molecule has 0 bridgehead atoms. The van der Waals surface area contributed by atoms with Crippen LogP contribution in [-0.4, -0.2) is 31.7 Å². The predicted octanol–water partition coefficient (Wildman–Crippen LogP) is 2.01. The zero-order chi connectivity index (χ0) is 11.1. The fourth-order valence-corrected chi connectivity index (χ4v) is 1.62. The highest BCUT2D eigenvalue weighted by atomic mass is 35.5. The first kappa shape index (κ1) is 11.3. The number of allylic oxidation sites excluding steroid dienone is 2. The predicted molar refractivity (Wildman–Crippen MR) is 45.2 cm³/mol. The number of rotatable bonds is 1. The van der Waals surface area contributed by atoms with Gasteiger partial charge in [-0.05, 0) is 0 Å². The van der Waals surface area contributed by atoms with E-state index in [0.717, 1.165) is 14.1 Å². The van der Waals surface area contributed by atoms with Gasteiger partial charge in [-0.1, -0.05) is 11.6 Å². The summed E-state index contributed by atoms with van der Waals surface area (Å²) in [6, 6.07) is 0. The minimum Gasteiger partial charge on any atom is -0.385 e. The molecule has 1 aliphatic carbocycles. The summed E-state index contributed by atoms with van der Waals surface area (Å²) >= 11 is 5.34. The second-order valence-corrected chi connectivity index (χ2v) is 3.04. The fraction of sp³-hybridized carbons (Fsp3) is 0.571. The van der Waals surface area contributed by atoms with E-state index in [-0.39, 0.29) is 0 Å². The Morgan fingerprint density at radius 1 is 1.21 bits per heavy atom. The largest absolute Gasteiger partial charge is 0.385 e. The number of hydrogen-bond donors (Lipinski definition) is 1. The summed E-state index contributed by atoms with van der Waals surface area (Å²) in [5.74, 6) is -8.68. The highest BCUT2D eigenvalue weighted by Gasteiger charge is 2.68. The molecule has 80 valence electrons. The molecule has 0 saturated heterocycles. The van der Waals surface area contributed by atoms with Crippen LogP contribution in [0.1, 0.15) is 0 Å². The quantitative estimate of drug-likeness (QED) is 0.685. The molecule has 0 fully saturated rings. The Bertz CT molecular complexity index is 322. The van der Waals surface area contributed by atoms with Crippen molar-refractivity contribution < 1.29 is 17.6 Å². The summed E-state index contributed by atoms with van der Waals surface area (Å²) in [5, 5.41) is 1.24. The second-order valence-electron chi connectivity index (χ2n) is 2.66. The zero-order valence-electron chi connectivity index (χ0n) is 7.34. The molecule has 0 aliphatic heterocycles. The average molecular weight is 231 g/mol. The average Bonchev–Trinajstić information content (AvgIpc) is 2.16. The fourth-order valence-electron chi connectivity index (χ4n) is 1.21. The van der Waals surface area contributed by atoms with Crippen molar-refractivity contribution in [1.29, 1.82) is 0 Å². The highest BCUT2D eigenvalue weighted by molar-refractivity contribution is 6.46. The first-order valence-electron chi connectivity index (χ1n) is 3.62. The molecule has 2 nitrogen and oxygen atoms in total. The standard InChI is InChI=1S/C7H7ClF4N2/c1-13-4-3(8)5(14-2)7(11,12)6(4,9)10/h13H,1-2H3. The van der Waals surface area contributed by atoms with Gasteiger partial charge in [-0.15, -0.1) is 0 Å². The summed E-state index contributed by atoms with van der Waals surface area (Å²) < 4.78 is 52.1. The number of nitrogens with one attached hydrogen (secondary N) is 1. The molecule has 0 heterocycles. The van der Waals surface area contributed by atoms with Crippen molar-refractivity contribution in [3.05, 3.63) is 10.7 Å². The van der Waals surface area contributed by atoms with Crippen molar-refractivity contribution in [1.82, 2.24) is 5.32 Å². The lowest BCUT2D eigenvalue weighted by Gasteiger charge is -2.20. The minimum atomic E-state index is -4.35. The van der Waals surface area contributed by atoms with Crippen LogP contribution in [0.5, 0.6) is 0 Å². The summed E-state index contributed by atoms with van der Waals surface area (Å²) in [7, 11) is 2.08. The summed E-state index contributed by atoms with van der Waals surface area (Å²) in [4.78, 5) is 3.07. The van der Waals surface area contributed by atoms with Gasteiger partial charge in [0.15, 0.2) is 0 Å². The van der Waals surface area contributed by atoms with Crippen LogP contribution in [-0.2, 0) is 0 Å². The third kappa shape index (κ3) is 1.13. The smallest absolute Gasteiger partial charge is 0.358 e. The van der Waals surface area contributed by atoms with E-state index in [2.05, 4.69) is 4.99 Å². The third-order valence-corrected chi connectivity index (χ3v) is 2.27. The van der Waals surface area contributed by atoms with Crippen LogP contribution < -0.4 is 5.32 Å². The molecule has 0 unspecified atom stereocenters. The molecule has 1 N–H and O–H groups in total. The molecule has 0 radical (unpaired) electrons. The molecule has 1 aliphatic rings. The molecule has 0 saturated carbocycles. The third-order valence-electron chi connectivity index (χ3n) is 1.91. The molecule has 1 rings (SSSR count). The van der Waals surface area contributed by atoms with Gasteiger partial charge in [0.1, 0.15) is 11.4 Å². The van der Waals surface area contributed by atoms with E-state index in [1.165, 1.54) is 0 Å². The number of aliphatic imine (C=N–C) groups is 1. The van der Waals surface area contributed by atoms with Crippen molar-refractivity contribution in [3.8, 4) is 0 Å².